The van der Waals surface area contributed by atoms with Crippen LogP contribution < -0.4 is 0 Å². The van der Waals surface area contributed by atoms with E-state index in [9.17, 15) is 4.79 Å². The Kier molecular flexibility index (Phi) is 2.97. The molecule has 0 radical (unpaired) electrons. The number of rotatable bonds is 0. The van der Waals surface area contributed by atoms with Crippen molar-refractivity contribution >= 4 is 5.78 Å². The van der Waals surface area contributed by atoms with Crippen LogP contribution in [-0.4, -0.2) is 10.8 Å². The van der Waals surface area contributed by atoms with Gasteiger partial charge in [-0.15, -0.1) is 0 Å². The molecule has 0 amide bonds. The number of aromatic nitrogens is 1. The average Bonchev–Trinajstić information content (AvgIpc) is 2.56. The Hall–Kier alpha value is -1.96. The lowest BCUT2D eigenvalue weighted by Gasteiger charge is -2.19. The summed E-state index contributed by atoms with van der Waals surface area (Å²) in [5.41, 5.74) is 4.73. The molecule has 1 aliphatic carbocycles. The Morgan fingerprint density at radius 3 is 2.45 bits per heavy atom. The molecule has 20 heavy (non-hydrogen) atoms. The number of aryl methyl sites for hydroxylation is 2. The second-order valence-electron chi connectivity index (χ2n) is 6.43. The van der Waals surface area contributed by atoms with E-state index >= 15 is 0 Å². The van der Waals surface area contributed by atoms with Crippen molar-refractivity contribution < 1.29 is 4.79 Å². The van der Waals surface area contributed by atoms with Gasteiger partial charge in [0.2, 0.25) is 0 Å². The summed E-state index contributed by atoms with van der Waals surface area (Å²) < 4.78 is 0. The molecule has 2 nitrogen and oxygen atoms in total. The number of ketones is 1. The number of fused-ring (bicyclic) bond motifs is 2. The summed E-state index contributed by atoms with van der Waals surface area (Å²) in [6, 6.07) is 11.8. The first-order chi connectivity index (χ1) is 9.47. The minimum Gasteiger partial charge on any atom is -0.289 e. The van der Waals surface area contributed by atoms with Gasteiger partial charge in [-0.05, 0) is 30.5 Å². The van der Waals surface area contributed by atoms with Crippen LogP contribution in [0, 0.1) is 0 Å². The molecule has 1 heterocycles. The van der Waals surface area contributed by atoms with E-state index < -0.39 is 0 Å². The van der Waals surface area contributed by atoms with Crippen LogP contribution in [-0.2, 0) is 18.3 Å². The lowest BCUT2D eigenvalue weighted by atomic mass is 9.90. The summed E-state index contributed by atoms with van der Waals surface area (Å²) in [6.07, 6.45) is 1.72. The van der Waals surface area contributed by atoms with Crippen LogP contribution in [0.25, 0.3) is 0 Å². The van der Waals surface area contributed by atoms with Crippen LogP contribution in [0.5, 0.6) is 0 Å². The first-order valence-electron chi connectivity index (χ1n) is 7.10. The van der Waals surface area contributed by atoms with Crippen LogP contribution in [0.1, 0.15) is 53.6 Å². The van der Waals surface area contributed by atoms with Gasteiger partial charge in [0.05, 0.1) is 5.69 Å². The van der Waals surface area contributed by atoms with Crippen molar-refractivity contribution in [2.75, 3.05) is 0 Å². The topological polar surface area (TPSA) is 30.0 Å². The summed E-state index contributed by atoms with van der Waals surface area (Å²) in [7, 11) is 0. The molecule has 0 fully saturated rings. The average molecular weight is 265 g/mol. The van der Waals surface area contributed by atoms with Crippen LogP contribution in [0.2, 0.25) is 0 Å². The third-order valence-electron chi connectivity index (χ3n) is 3.88. The minimum atomic E-state index is 0.0111. The molecule has 0 N–H and O–H groups in total. The molecule has 0 atom stereocenters. The maximum Gasteiger partial charge on any atom is 0.195 e. The monoisotopic (exact) mass is 265 g/mol. The molecular weight excluding hydrogens is 246 g/mol. The van der Waals surface area contributed by atoms with Crippen molar-refractivity contribution in [2.24, 2.45) is 0 Å². The number of carbonyl (C=O) groups excluding carboxylic acids is 1. The molecular formula is C18H19NO. The van der Waals surface area contributed by atoms with E-state index in [2.05, 4.69) is 20.8 Å². The first-order valence-corrected chi connectivity index (χ1v) is 7.10. The fourth-order valence-electron chi connectivity index (χ4n) is 2.67. The lowest BCUT2D eigenvalue weighted by molar-refractivity contribution is 0.103. The van der Waals surface area contributed by atoms with Crippen molar-refractivity contribution in [1.82, 2.24) is 4.98 Å². The second-order valence-corrected chi connectivity index (χ2v) is 6.43. The number of carbonyl (C=O) groups is 1. The normalized spacial score (nSPS) is 14.4. The summed E-state index contributed by atoms with van der Waals surface area (Å²) in [5.74, 6) is 0.112. The summed E-state index contributed by atoms with van der Waals surface area (Å²) in [5, 5.41) is 0. The first kappa shape index (κ1) is 13.0. The Labute approximate surface area is 119 Å². The molecule has 1 aromatic carbocycles. The highest BCUT2D eigenvalue weighted by atomic mass is 16.1. The van der Waals surface area contributed by atoms with Gasteiger partial charge in [0.15, 0.2) is 5.78 Å². The summed E-state index contributed by atoms with van der Waals surface area (Å²) in [6.45, 7) is 6.44. The summed E-state index contributed by atoms with van der Waals surface area (Å²) >= 11 is 0. The van der Waals surface area contributed by atoms with Crippen LogP contribution >= 0.6 is 0 Å². The predicted octanol–water partition coefficient (Wildman–Crippen LogP) is 3.71. The standard InChI is InChI=1S/C18H19NO/c1-18(2,3)16-11-9-14-15(19-16)10-8-12-6-4-5-7-13(12)17(14)20/h4-7,9,11H,8,10H2,1-3H3. The number of hydrogen-bond acceptors (Lipinski definition) is 2. The van der Waals surface area contributed by atoms with Crippen molar-refractivity contribution in [1.29, 1.82) is 0 Å². The Bertz CT molecular complexity index is 680. The number of nitrogens with zero attached hydrogens (tertiary/aromatic N) is 1. The zero-order valence-electron chi connectivity index (χ0n) is 12.2. The highest BCUT2D eigenvalue weighted by Gasteiger charge is 2.24. The molecule has 0 unspecified atom stereocenters. The number of hydrogen-bond donors (Lipinski definition) is 0. The fraction of sp³-hybridized carbons (Fsp3) is 0.333. The minimum absolute atomic E-state index is 0.0111. The van der Waals surface area contributed by atoms with Gasteiger partial charge in [-0.1, -0.05) is 45.0 Å². The number of benzene rings is 1. The van der Waals surface area contributed by atoms with Crippen LogP contribution in [0.15, 0.2) is 36.4 Å². The Morgan fingerprint density at radius 2 is 1.70 bits per heavy atom. The van der Waals surface area contributed by atoms with Gasteiger partial charge in [0, 0.05) is 22.2 Å². The molecule has 0 saturated heterocycles. The smallest absolute Gasteiger partial charge is 0.195 e. The highest BCUT2D eigenvalue weighted by Crippen LogP contribution is 2.27. The van der Waals surface area contributed by atoms with E-state index in [4.69, 9.17) is 4.98 Å². The maximum atomic E-state index is 12.6. The maximum absolute atomic E-state index is 12.6. The van der Waals surface area contributed by atoms with Gasteiger partial charge in [0.25, 0.3) is 0 Å². The third-order valence-corrected chi connectivity index (χ3v) is 3.88. The second kappa shape index (κ2) is 4.55. The zero-order chi connectivity index (χ0) is 14.3. The lowest BCUT2D eigenvalue weighted by Crippen LogP contribution is -2.16. The fourth-order valence-corrected chi connectivity index (χ4v) is 2.67. The summed E-state index contributed by atoms with van der Waals surface area (Å²) in [4.78, 5) is 17.4. The molecule has 0 aliphatic heterocycles. The van der Waals surface area contributed by atoms with E-state index in [1.54, 1.807) is 0 Å². The number of pyridine rings is 1. The van der Waals surface area contributed by atoms with E-state index in [-0.39, 0.29) is 11.2 Å². The molecule has 0 bridgehead atoms. The van der Waals surface area contributed by atoms with Gasteiger partial charge in [0.1, 0.15) is 0 Å². The van der Waals surface area contributed by atoms with Gasteiger partial charge in [-0.2, -0.15) is 0 Å². The zero-order valence-corrected chi connectivity index (χ0v) is 12.2. The molecule has 3 rings (SSSR count). The molecule has 0 saturated carbocycles. The van der Waals surface area contributed by atoms with Crippen LogP contribution in [0.3, 0.4) is 0 Å². The molecule has 0 spiro atoms. The largest absolute Gasteiger partial charge is 0.289 e. The molecule has 2 heteroatoms. The highest BCUT2D eigenvalue weighted by molar-refractivity contribution is 6.11. The Morgan fingerprint density at radius 1 is 0.950 bits per heavy atom. The van der Waals surface area contributed by atoms with Crippen molar-refractivity contribution in [3.05, 3.63) is 64.5 Å². The van der Waals surface area contributed by atoms with Crippen LogP contribution in [0.4, 0.5) is 0 Å². The van der Waals surface area contributed by atoms with Gasteiger partial charge >= 0.3 is 0 Å². The molecule has 1 aromatic heterocycles. The van der Waals surface area contributed by atoms with Gasteiger partial charge in [-0.3, -0.25) is 9.78 Å². The molecule has 102 valence electrons. The van der Waals surface area contributed by atoms with E-state index in [0.717, 1.165) is 40.9 Å². The quantitative estimate of drug-likeness (QED) is 0.727. The van der Waals surface area contributed by atoms with Crippen molar-refractivity contribution in [3.63, 3.8) is 0 Å². The van der Waals surface area contributed by atoms with Crippen molar-refractivity contribution in [2.45, 2.75) is 39.0 Å². The van der Waals surface area contributed by atoms with E-state index in [1.807, 2.05) is 36.4 Å². The van der Waals surface area contributed by atoms with Gasteiger partial charge in [-0.25, -0.2) is 0 Å². The Balaban J connectivity index is 2.12. The SMILES string of the molecule is CC(C)(C)c1ccc2c(n1)CCc1ccccc1C2=O. The van der Waals surface area contributed by atoms with E-state index in [1.165, 1.54) is 0 Å². The predicted molar refractivity (Wildman–Crippen MR) is 80.2 cm³/mol. The molecule has 2 aromatic rings. The van der Waals surface area contributed by atoms with Gasteiger partial charge < -0.3 is 0 Å². The van der Waals surface area contributed by atoms with Crippen molar-refractivity contribution in [3.8, 4) is 0 Å². The third kappa shape index (κ3) is 2.15. The molecule has 1 aliphatic rings. The van der Waals surface area contributed by atoms with E-state index in [0.29, 0.717) is 0 Å².